The molecule has 8 aromatic carbocycles. The van der Waals surface area contributed by atoms with Crippen LogP contribution in [0.15, 0.2) is 122 Å². The van der Waals surface area contributed by atoms with Crippen molar-refractivity contribution in [2.45, 2.75) is 217 Å². The molecule has 22 rings (SSSR count). The van der Waals surface area contributed by atoms with Crippen molar-refractivity contribution < 1.29 is 76.9 Å². The van der Waals surface area contributed by atoms with Crippen LogP contribution in [-0.4, -0.2) is 160 Å². The molecular weight excluding hydrogens is 1890 g/mol. The quantitative estimate of drug-likeness (QED) is 0.0550. The number of aryl methyl sites for hydroxylation is 4. The average Bonchev–Trinajstić information content (AvgIpc) is 1.61. The molecule has 2 fully saturated rings. The summed E-state index contributed by atoms with van der Waals surface area (Å²) < 4.78 is 52.2. The second-order valence-electron chi connectivity index (χ2n) is 40.7. The molecular formula is C111H116N12O16S4. The number of carboxylic acid groups (broad SMARTS) is 2. The highest BCUT2D eigenvalue weighted by molar-refractivity contribution is 7.23. The predicted molar refractivity (Wildman–Crippen MR) is 566 cm³/mol. The highest BCUT2D eigenvalue weighted by atomic mass is 32.1. The van der Waals surface area contributed by atoms with E-state index in [9.17, 15) is 39.0 Å². The molecule has 2 saturated heterocycles. The highest BCUT2D eigenvalue weighted by Gasteiger charge is 2.41. The molecule has 4 atom stereocenters. The van der Waals surface area contributed by atoms with Crippen LogP contribution in [0, 0.1) is 27.7 Å². The van der Waals surface area contributed by atoms with Gasteiger partial charge in [0, 0.05) is 165 Å². The fraction of sp³-hybridized carbons (Fsp3) is 0.369. The second kappa shape index (κ2) is 38.8. The number of carbonyl (C=O) groups excluding carboxylic acids is 4. The monoisotopic (exact) mass is 2000 g/mol. The van der Waals surface area contributed by atoms with Crippen LogP contribution in [0.1, 0.15) is 228 Å². The van der Waals surface area contributed by atoms with Gasteiger partial charge in [-0.25, -0.2) is 29.5 Å². The molecule has 14 heterocycles. The van der Waals surface area contributed by atoms with Gasteiger partial charge >= 0.3 is 11.9 Å². The number of carboxylic acids is 2. The number of aromatic nitrogens is 8. The van der Waals surface area contributed by atoms with Gasteiger partial charge in [0.25, 0.3) is 11.8 Å². The molecule has 6 aliphatic rings. The van der Waals surface area contributed by atoms with Crippen LogP contribution in [0.5, 0.6) is 23.0 Å². The largest absolute Gasteiger partial charge is 0.493 e. The van der Waals surface area contributed by atoms with Crippen molar-refractivity contribution in [3.63, 3.8) is 0 Å². The zero-order valence-electron chi connectivity index (χ0n) is 82.6. The first-order valence-corrected chi connectivity index (χ1v) is 51.0. The van der Waals surface area contributed by atoms with E-state index in [2.05, 4.69) is 80.0 Å². The molecule has 0 bridgehead atoms. The Morgan fingerprint density at radius 2 is 0.608 bits per heavy atom. The van der Waals surface area contributed by atoms with Gasteiger partial charge < -0.3 is 69.4 Å². The number of benzene rings is 8. The lowest BCUT2D eigenvalue weighted by Crippen LogP contribution is -2.36. The molecule has 6 N–H and O–H groups in total. The average molecular weight is 2000 g/mol. The number of hydrogen-bond donors (Lipinski definition) is 4. The first-order valence-electron chi connectivity index (χ1n) is 47.7. The molecule has 0 radical (unpaired) electrons. The Balaban J connectivity index is 0.000000125. The normalized spacial score (nSPS) is 15.1. The van der Waals surface area contributed by atoms with Gasteiger partial charge in [0.15, 0.2) is 44.1 Å². The summed E-state index contributed by atoms with van der Waals surface area (Å²) in [7, 11) is 0. The third kappa shape index (κ3) is 19.4. The molecule has 0 spiro atoms. The number of ether oxygens (including phenoxy) is 8. The lowest BCUT2D eigenvalue weighted by Gasteiger charge is -2.30. The maximum atomic E-state index is 13.1. The van der Waals surface area contributed by atoms with Gasteiger partial charge in [0.05, 0.1) is 112 Å². The number of ketones is 2. The summed E-state index contributed by atoms with van der Waals surface area (Å²) >= 11 is 5.68. The Morgan fingerprint density at radius 3 is 0.839 bits per heavy atom. The number of primary amides is 2. The number of anilines is 2. The van der Waals surface area contributed by atoms with E-state index < -0.39 is 70.6 Å². The number of rotatable bonds is 20. The number of Topliss-reactive ketones (excluding diaryl/α,β-unsaturated/α-hetero) is 2. The molecule has 16 aromatic rings. The smallest absolute Gasteiger partial charge is 0.337 e. The second-order valence-corrected chi connectivity index (χ2v) is 44.7. The van der Waals surface area contributed by atoms with Gasteiger partial charge in [-0.05, 0) is 279 Å². The van der Waals surface area contributed by atoms with Crippen molar-refractivity contribution in [3.05, 3.63) is 199 Å². The number of fused-ring (bicyclic) bond motifs is 4. The summed E-state index contributed by atoms with van der Waals surface area (Å²) in [5.74, 6) is -0.301. The predicted octanol–water partition coefficient (Wildman–Crippen LogP) is 23.0. The number of pyridine rings is 4. The number of aliphatic carboxylic acids is 2. The molecule has 32 heteroatoms. The van der Waals surface area contributed by atoms with Crippen LogP contribution >= 0.6 is 45.3 Å². The minimum absolute atomic E-state index is 0. The summed E-state index contributed by atoms with van der Waals surface area (Å²) in [5, 5.41) is 26.8. The van der Waals surface area contributed by atoms with Crippen LogP contribution < -0.4 is 40.2 Å². The number of amides is 2. The van der Waals surface area contributed by atoms with Gasteiger partial charge in [-0.1, -0.05) is 30.1 Å². The third-order valence-electron chi connectivity index (χ3n) is 25.8. The van der Waals surface area contributed by atoms with Crippen LogP contribution in [0.3, 0.4) is 0 Å². The summed E-state index contributed by atoms with van der Waals surface area (Å²) in [6.07, 6.45) is 8.98. The van der Waals surface area contributed by atoms with E-state index in [4.69, 9.17) is 69.3 Å². The molecule has 143 heavy (non-hydrogen) atoms. The lowest BCUT2D eigenvalue weighted by atomic mass is 9.88. The Bertz CT molecular complexity index is 7400. The Kier molecular flexibility index (Phi) is 27.1. The number of hydrogen-bond acceptors (Lipinski definition) is 28. The lowest BCUT2D eigenvalue weighted by molar-refractivity contribution is -0.161. The number of thiazole rings is 4. The Labute approximate surface area is 843 Å². The molecule has 6 aliphatic heterocycles. The van der Waals surface area contributed by atoms with Crippen molar-refractivity contribution >= 4 is 175 Å². The van der Waals surface area contributed by atoms with Crippen molar-refractivity contribution in [1.82, 2.24) is 39.9 Å². The minimum atomic E-state index is -1.25. The third-order valence-corrected chi connectivity index (χ3v) is 30.3. The molecule has 2 amide bonds. The standard InChI is InChI=1S/2C29H31N3O3S.2C26H25N3O5S.CH4/c2*1-16-15-20-27(36-28(31-20)32-12-6-13-32)24(22(16)26(17(2)33)35-29(3,4)5)19-7-8-21-23-18(10-14-34-21)9-11-30-25(19)23;2*1-12-11-15-22(35-24(29-15)23(27)30)19(17(12)21(25(31)32)34-26(2,3)4)14-5-6-16-18-13(8-10-33-16)7-9-28-20(14)18;/h2*7-9,11,15,26H,6,10,12-14H2,1-5H3;2*5-7,9,11,21H,8,10H2,1-4H3,(H2,27,30)(H,31,32);1H4/t2*26-;2*21-;/m1100./s1. The summed E-state index contributed by atoms with van der Waals surface area (Å²) in [6.45, 7) is 40.5. The molecule has 0 unspecified atom stereocenters. The van der Waals surface area contributed by atoms with Gasteiger partial charge in [-0.2, -0.15) is 0 Å². The van der Waals surface area contributed by atoms with E-state index in [1.807, 2.05) is 158 Å². The van der Waals surface area contributed by atoms with Crippen LogP contribution in [0.4, 0.5) is 10.3 Å². The SMILES string of the molecule is C.CC(=O)[C@@H](OC(C)(C)C)c1c(C)cc2nc(N3CCC3)sc2c1-c1ccc2c3c(ccnc13)CCO2.CC(=O)[C@@H](OC(C)(C)C)c1c(C)cc2nc(N3CCC3)sc2c1-c1ccc2c3c(ccnc13)CCO2.Cc1cc2nc(C(N)=O)sc2c(-c2ccc3c4c(ccnc24)CCO3)c1[C@H](OC(C)(C)C)C(=O)O.Cc1cc2nc(C(N)=O)sc2c(-c2ccc3c4c(ccnc24)CCO3)c1[C@H](OC(C)(C)C)C(=O)O. The minimum Gasteiger partial charge on any atom is -0.493 e. The van der Waals surface area contributed by atoms with E-state index in [0.29, 0.717) is 91.3 Å². The van der Waals surface area contributed by atoms with Crippen LogP contribution in [0.25, 0.3) is 129 Å². The van der Waals surface area contributed by atoms with E-state index in [-0.39, 0.29) is 29.0 Å². The van der Waals surface area contributed by atoms with E-state index in [0.717, 1.165) is 228 Å². The van der Waals surface area contributed by atoms with Gasteiger partial charge in [-0.3, -0.25) is 39.1 Å². The van der Waals surface area contributed by atoms with Crippen molar-refractivity contribution in [3.8, 4) is 67.5 Å². The van der Waals surface area contributed by atoms with E-state index in [1.54, 1.807) is 61.0 Å². The van der Waals surface area contributed by atoms with Gasteiger partial charge in [0.2, 0.25) is 0 Å². The number of nitrogens with zero attached hydrogens (tertiary/aromatic N) is 10. The maximum absolute atomic E-state index is 13.1. The van der Waals surface area contributed by atoms with Crippen molar-refractivity contribution in [2.75, 3.05) is 62.4 Å². The first-order chi connectivity index (χ1) is 67.5. The molecule has 0 saturated carbocycles. The molecule has 8 aromatic heterocycles. The summed E-state index contributed by atoms with van der Waals surface area (Å²) in [5.41, 5.74) is 32.5. The Morgan fingerprint density at radius 1 is 0.364 bits per heavy atom. The molecule has 28 nitrogen and oxygen atoms in total. The fourth-order valence-corrected chi connectivity index (χ4v) is 24.0. The molecule has 740 valence electrons. The van der Waals surface area contributed by atoms with E-state index in [1.165, 1.54) is 24.0 Å². The Hall–Kier alpha value is -13.2. The fourth-order valence-electron chi connectivity index (χ4n) is 19.7. The number of carbonyl (C=O) groups is 6. The zero-order valence-corrected chi connectivity index (χ0v) is 85.9. The van der Waals surface area contributed by atoms with E-state index >= 15 is 0 Å². The maximum Gasteiger partial charge on any atom is 0.337 e. The van der Waals surface area contributed by atoms with Gasteiger partial charge in [-0.15, -0.1) is 22.7 Å². The summed E-state index contributed by atoms with van der Waals surface area (Å²) in [6, 6.07) is 31.7. The van der Waals surface area contributed by atoms with Crippen molar-refractivity contribution in [2.24, 2.45) is 11.5 Å². The number of nitrogens with two attached hydrogens (primary N) is 2. The topological polar surface area (TPSA) is 378 Å². The van der Waals surface area contributed by atoms with Crippen LogP contribution in [-0.2, 0) is 63.8 Å². The van der Waals surface area contributed by atoms with Gasteiger partial charge in [0.1, 0.15) is 35.2 Å². The van der Waals surface area contributed by atoms with Crippen LogP contribution in [0.2, 0.25) is 0 Å². The highest BCUT2D eigenvalue weighted by Crippen LogP contribution is 2.55. The van der Waals surface area contributed by atoms with Crippen molar-refractivity contribution in [1.29, 1.82) is 0 Å². The summed E-state index contributed by atoms with van der Waals surface area (Å²) in [4.78, 5) is 118. The zero-order chi connectivity index (χ0) is 101. The molecule has 0 aliphatic carbocycles. The first kappa shape index (κ1) is 99.9.